The van der Waals surface area contributed by atoms with Crippen LogP contribution in [0.4, 0.5) is 0 Å². The first-order valence-electron chi connectivity index (χ1n) is 3.97. The highest BCUT2D eigenvalue weighted by Crippen LogP contribution is 2.24. The van der Waals surface area contributed by atoms with Crippen LogP contribution in [-0.4, -0.2) is 18.8 Å². The maximum atomic E-state index is 5.95. The zero-order chi connectivity index (χ0) is 7.61. The highest BCUT2D eigenvalue weighted by Gasteiger charge is 2.26. The molecule has 0 unspecified atom stereocenters. The first-order chi connectivity index (χ1) is 4.61. The summed E-state index contributed by atoms with van der Waals surface area (Å²) in [7, 11) is 0. The molecule has 0 saturated carbocycles. The van der Waals surface area contributed by atoms with Crippen LogP contribution in [0.2, 0.25) is 0 Å². The van der Waals surface area contributed by atoms with E-state index in [-0.39, 0.29) is 5.54 Å². The fourth-order valence-electron chi connectivity index (χ4n) is 1.44. The number of ether oxygens (including phenoxy) is 1. The Morgan fingerprint density at radius 3 is 2.10 bits per heavy atom. The van der Waals surface area contributed by atoms with E-state index < -0.39 is 0 Å². The lowest BCUT2D eigenvalue weighted by atomic mass is 9.83. The van der Waals surface area contributed by atoms with Crippen molar-refractivity contribution in [1.29, 1.82) is 0 Å². The maximum Gasteiger partial charge on any atom is 0.0469 e. The summed E-state index contributed by atoms with van der Waals surface area (Å²) in [5.41, 5.74) is 5.94. The summed E-state index contributed by atoms with van der Waals surface area (Å²) in [5.74, 6) is 0.654. The van der Waals surface area contributed by atoms with Gasteiger partial charge in [0, 0.05) is 18.8 Å². The minimum atomic E-state index is -0.0101. The van der Waals surface area contributed by atoms with E-state index in [2.05, 4.69) is 13.8 Å². The third-order valence-corrected chi connectivity index (χ3v) is 2.27. The number of rotatable bonds is 1. The van der Waals surface area contributed by atoms with E-state index in [9.17, 15) is 0 Å². The molecule has 1 aliphatic rings. The number of hydrogen-bond donors (Lipinski definition) is 1. The Morgan fingerprint density at radius 1 is 1.30 bits per heavy atom. The molecule has 10 heavy (non-hydrogen) atoms. The predicted molar refractivity (Wildman–Crippen MR) is 41.8 cm³/mol. The van der Waals surface area contributed by atoms with Crippen LogP contribution < -0.4 is 5.73 Å². The van der Waals surface area contributed by atoms with Gasteiger partial charge in [0.25, 0.3) is 0 Å². The molecule has 0 aromatic carbocycles. The van der Waals surface area contributed by atoms with Crippen LogP contribution in [0, 0.1) is 5.92 Å². The molecule has 0 amide bonds. The second kappa shape index (κ2) is 2.89. The summed E-state index contributed by atoms with van der Waals surface area (Å²) in [4.78, 5) is 0. The van der Waals surface area contributed by atoms with Gasteiger partial charge in [0.1, 0.15) is 0 Å². The van der Waals surface area contributed by atoms with Crippen LogP contribution in [0.15, 0.2) is 0 Å². The van der Waals surface area contributed by atoms with Gasteiger partial charge in [-0.25, -0.2) is 0 Å². The lowest BCUT2D eigenvalue weighted by Crippen LogP contribution is -2.43. The van der Waals surface area contributed by atoms with Gasteiger partial charge in [0.05, 0.1) is 0 Å². The average molecular weight is 143 g/mol. The van der Waals surface area contributed by atoms with Gasteiger partial charge in [0.2, 0.25) is 0 Å². The Balaban J connectivity index is 2.39. The highest BCUT2D eigenvalue weighted by atomic mass is 16.5. The lowest BCUT2D eigenvalue weighted by Gasteiger charge is -2.33. The molecule has 0 bridgehead atoms. The molecular formula is C8H17NO. The third kappa shape index (κ3) is 1.96. The van der Waals surface area contributed by atoms with E-state index in [4.69, 9.17) is 10.5 Å². The van der Waals surface area contributed by atoms with Crippen molar-refractivity contribution in [2.45, 2.75) is 32.2 Å². The van der Waals surface area contributed by atoms with Gasteiger partial charge in [0.15, 0.2) is 0 Å². The molecule has 1 fully saturated rings. The summed E-state index contributed by atoms with van der Waals surface area (Å²) in [6, 6.07) is 0. The van der Waals surface area contributed by atoms with Gasteiger partial charge in [-0.05, 0) is 32.6 Å². The molecule has 1 heterocycles. The SMILES string of the molecule is CC(C)(N)C1CCOCC1. The van der Waals surface area contributed by atoms with Gasteiger partial charge in [-0.15, -0.1) is 0 Å². The van der Waals surface area contributed by atoms with Crippen LogP contribution in [-0.2, 0) is 4.74 Å². The summed E-state index contributed by atoms with van der Waals surface area (Å²) >= 11 is 0. The Morgan fingerprint density at radius 2 is 1.80 bits per heavy atom. The van der Waals surface area contributed by atoms with Crippen molar-refractivity contribution in [1.82, 2.24) is 0 Å². The lowest BCUT2D eigenvalue weighted by molar-refractivity contribution is 0.0454. The minimum absolute atomic E-state index is 0.0101. The molecule has 0 atom stereocenters. The fourth-order valence-corrected chi connectivity index (χ4v) is 1.44. The molecular weight excluding hydrogens is 126 g/mol. The van der Waals surface area contributed by atoms with Gasteiger partial charge in [-0.2, -0.15) is 0 Å². The van der Waals surface area contributed by atoms with E-state index in [0.29, 0.717) is 5.92 Å². The smallest absolute Gasteiger partial charge is 0.0469 e. The molecule has 60 valence electrons. The van der Waals surface area contributed by atoms with E-state index in [1.807, 2.05) is 0 Å². The number of nitrogens with two attached hydrogens (primary N) is 1. The molecule has 1 rings (SSSR count). The normalized spacial score (nSPS) is 23.1. The predicted octanol–water partition coefficient (Wildman–Crippen LogP) is 1.15. The first kappa shape index (κ1) is 8.02. The van der Waals surface area contributed by atoms with Crippen molar-refractivity contribution in [3.63, 3.8) is 0 Å². The van der Waals surface area contributed by atoms with Crippen LogP contribution in [0.1, 0.15) is 26.7 Å². The summed E-state index contributed by atoms with van der Waals surface area (Å²) in [5, 5.41) is 0. The van der Waals surface area contributed by atoms with Gasteiger partial charge < -0.3 is 10.5 Å². The Hall–Kier alpha value is -0.0800. The minimum Gasteiger partial charge on any atom is -0.381 e. The van der Waals surface area contributed by atoms with E-state index in [1.165, 1.54) is 0 Å². The number of hydrogen-bond acceptors (Lipinski definition) is 2. The molecule has 0 aliphatic carbocycles. The molecule has 0 radical (unpaired) electrons. The van der Waals surface area contributed by atoms with Crippen molar-refractivity contribution in [3.8, 4) is 0 Å². The van der Waals surface area contributed by atoms with Crippen molar-refractivity contribution in [2.24, 2.45) is 11.7 Å². The highest BCUT2D eigenvalue weighted by molar-refractivity contribution is 4.83. The quantitative estimate of drug-likeness (QED) is 0.597. The first-order valence-corrected chi connectivity index (χ1v) is 3.97. The average Bonchev–Trinajstić information content (AvgIpc) is 1.88. The molecule has 1 saturated heterocycles. The topological polar surface area (TPSA) is 35.2 Å². The zero-order valence-corrected chi connectivity index (χ0v) is 6.89. The molecule has 1 aliphatic heterocycles. The summed E-state index contributed by atoms with van der Waals surface area (Å²) in [6.45, 7) is 5.99. The fraction of sp³-hybridized carbons (Fsp3) is 1.00. The van der Waals surface area contributed by atoms with Crippen molar-refractivity contribution in [3.05, 3.63) is 0 Å². The van der Waals surface area contributed by atoms with Gasteiger partial charge in [-0.3, -0.25) is 0 Å². The summed E-state index contributed by atoms with van der Waals surface area (Å²) < 4.78 is 5.24. The van der Waals surface area contributed by atoms with E-state index in [0.717, 1.165) is 26.1 Å². The molecule has 2 nitrogen and oxygen atoms in total. The molecule has 2 heteroatoms. The van der Waals surface area contributed by atoms with Crippen molar-refractivity contribution < 1.29 is 4.74 Å². The standard InChI is InChI=1S/C8H17NO/c1-8(2,9)7-3-5-10-6-4-7/h7H,3-6,9H2,1-2H3. The third-order valence-electron chi connectivity index (χ3n) is 2.27. The van der Waals surface area contributed by atoms with Crippen molar-refractivity contribution in [2.75, 3.05) is 13.2 Å². The Labute approximate surface area is 62.7 Å². The van der Waals surface area contributed by atoms with Crippen LogP contribution in [0.3, 0.4) is 0 Å². The molecule has 0 spiro atoms. The summed E-state index contributed by atoms with van der Waals surface area (Å²) in [6.07, 6.45) is 2.26. The van der Waals surface area contributed by atoms with E-state index >= 15 is 0 Å². The van der Waals surface area contributed by atoms with Gasteiger partial charge >= 0.3 is 0 Å². The van der Waals surface area contributed by atoms with Crippen LogP contribution in [0.5, 0.6) is 0 Å². The zero-order valence-electron chi connectivity index (χ0n) is 6.89. The monoisotopic (exact) mass is 143 g/mol. The molecule has 0 aromatic heterocycles. The largest absolute Gasteiger partial charge is 0.381 e. The van der Waals surface area contributed by atoms with E-state index in [1.54, 1.807) is 0 Å². The second-order valence-corrected chi connectivity index (χ2v) is 3.71. The van der Waals surface area contributed by atoms with Gasteiger partial charge in [-0.1, -0.05) is 0 Å². The van der Waals surface area contributed by atoms with Crippen LogP contribution in [0.25, 0.3) is 0 Å². The molecule has 0 aromatic rings. The maximum absolute atomic E-state index is 5.95. The molecule has 2 N–H and O–H groups in total. The Bertz CT molecular complexity index is 100. The Kier molecular flexibility index (Phi) is 2.32. The second-order valence-electron chi connectivity index (χ2n) is 3.71. The van der Waals surface area contributed by atoms with Crippen molar-refractivity contribution >= 4 is 0 Å². The van der Waals surface area contributed by atoms with Crippen LogP contribution >= 0.6 is 0 Å².